The molecule has 3 N–H and O–H groups in total. The van der Waals surface area contributed by atoms with E-state index in [0.717, 1.165) is 19.3 Å². The van der Waals surface area contributed by atoms with E-state index in [0.29, 0.717) is 11.5 Å². The molecule has 2 aliphatic carbocycles. The SMILES string of the molecule is NC1CC12CC(O)C2. The maximum atomic E-state index is 8.89. The van der Waals surface area contributed by atoms with Crippen LogP contribution < -0.4 is 5.73 Å². The fourth-order valence-corrected chi connectivity index (χ4v) is 1.73. The van der Waals surface area contributed by atoms with Crippen molar-refractivity contribution in [3.8, 4) is 0 Å². The number of nitrogens with two attached hydrogens (primary N) is 1. The maximum Gasteiger partial charge on any atom is 0.0552 e. The van der Waals surface area contributed by atoms with E-state index in [9.17, 15) is 0 Å². The molecular weight excluding hydrogens is 102 g/mol. The van der Waals surface area contributed by atoms with Crippen molar-refractivity contribution in [3.05, 3.63) is 0 Å². The lowest BCUT2D eigenvalue weighted by molar-refractivity contribution is 0.0261. The number of hydrogen-bond donors (Lipinski definition) is 2. The van der Waals surface area contributed by atoms with E-state index in [1.807, 2.05) is 0 Å². The Kier molecular flexibility index (Phi) is 0.649. The van der Waals surface area contributed by atoms with E-state index < -0.39 is 0 Å². The Hall–Kier alpha value is -0.0800. The molecule has 0 bridgehead atoms. The van der Waals surface area contributed by atoms with Crippen LogP contribution in [0.2, 0.25) is 0 Å². The smallest absolute Gasteiger partial charge is 0.0552 e. The average molecular weight is 113 g/mol. The minimum Gasteiger partial charge on any atom is -0.393 e. The Balaban J connectivity index is 1.96. The molecule has 8 heavy (non-hydrogen) atoms. The van der Waals surface area contributed by atoms with Gasteiger partial charge in [-0.25, -0.2) is 0 Å². The molecule has 0 aromatic carbocycles. The van der Waals surface area contributed by atoms with Gasteiger partial charge in [-0.1, -0.05) is 0 Å². The van der Waals surface area contributed by atoms with Crippen LogP contribution >= 0.6 is 0 Å². The van der Waals surface area contributed by atoms with E-state index in [1.54, 1.807) is 0 Å². The van der Waals surface area contributed by atoms with Gasteiger partial charge < -0.3 is 10.8 Å². The van der Waals surface area contributed by atoms with Gasteiger partial charge in [0.2, 0.25) is 0 Å². The van der Waals surface area contributed by atoms with Crippen LogP contribution in [0, 0.1) is 5.41 Å². The lowest BCUT2D eigenvalue weighted by Gasteiger charge is -2.32. The standard InChI is InChI=1S/C6H11NO/c7-5-3-6(5)1-4(8)2-6/h4-5,8H,1-3,7H2. The van der Waals surface area contributed by atoms with Crippen LogP contribution in [0.25, 0.3) is 0 Å². The zero-order valence-electron chi connectivity index (χ0n) is 4.80. The van der Waals surface area contributed by atoms with E-state index in [4.69, 9.17) is 10.8 Å². The Morgan fingerprint density at radius 2 is 1.88 bits per heavy atom. The molecule has 46 valence electrons. The molecule has 0 saturated heterocycles. The van der Waals surface area contributed by atoms with E-state index in [2.05, 4.69) is 0 Å². The van der Waals surface area contributed by atoms with Crippen molar-refractivity contribution >= 4 is 0 Å². The summed E-state index contributed by atoms with van der Waals surface area (Å²) in [4.78, 5) is 0. The summed E-state index contributed by atoms with van der Waals surface area (Å²) in [5.41, 5.74) is 6.04. The van der Waals surface area contributed by atoms with Gasteiger partial charge in [-0.15, -0.1) is 0 Å². The summed E-state index contributed by atoms with van der Waals surface area (Å²) in [7, 11) is 0. The summed E-state index contributed by atoms with van der Waals surface area (Å²) in [6.07, 6.45) is 3.07. The molecule has 2 fully saturated rings. The molecule has 2 rings (SSSR count). The molecule has 1 atom stereocenters. The minimum absolute atomic E-state index is 0.0245. The summed E-state index contributed by atoms with van der Waals surface area (Å²) in [6.45, 7) is 0. The van der Waals surface area contributed by atoms with Crippen molar-refractivity contribution in [3.63, 3.8) is 0 Å². The quantitative estimate of drug-likeness (QED) is 0.459. The summed E-state index contributed by atoms with van der Waals surface area (Å²) < 4.78 is 0. The third-order valence-electron chi connectivity index (χ3n) is 2.54. The Morgan fingerprint density at radius 3 is 2.00 bits per heavy atom. The summed E-state index contributed by atoms with van der Waals surface area (Å²) in [5.74, 6) is 0. The van der Waals surface area contributed by atoms with Crippen molar-refractivity contribution < 1.29 is 5.11 Å². The highest BCUT2D eigenvalue weighted by atomic mass is 16.3. The number of aliphatic hydroxyl groups is 1. The van der Waals surface area contributed by atoms with E-state index in [1.165, 1.54) is 0 Å². The second kappa shape index (κ2) is 1.09. The third-order valence-corrected chi connectivity index (χ3v) is 2.54. The molecule has 2 nitrogen and oxygen atoms in total. The molecule has 0 heterocycles. The molecule has 2 aliphatic rings. The Bertz CT molecular complexity index is 118. The first-order valence-corrected chi connectivity index (χ1v) is 3.17. The monoisotopic (exact) mass is 113 g/mol. The van der Waals surface area contributed by atoms with Gasteiger partial charge in [0.15, 0.2) is 0 Å². The summed E-state index contributed by atoms with van der Waals surface area (Å²) >= 11 is 0. The highest BCUT2D eigenvalue weighted by Crippen LogP contribution is 2.59. The van der Waals surface area contributed by atoms with Crippen LogP contribution in [0.3, 0.4) is 0 Å². The molecule has 1 spiro atoms. The molecule has 2 saturated carbocycles. The van der Waals surface area contributed by atoms with Gasteiger partial charge in [-0.3, -0.25) is 0 Å². The van der Waals surface area contributed by atoms with Crippen molar-refractivity contribution in [2.45, 2.75) is 31.4 Å². The maximum absolute atomic E-state index is 8.89. The molecule has 0 aliphatic heterocycles. The Morgan fingerprint density at radius 1 is 1.38 bits per heavy atom. The molecule has 0 aromatic heterocycles. The van der Waals surface area contributed by atoms with Crippen LogP contribution in [0.5, 0.6) is 0 Å². The van der Waals surface area contributed by atoms with Gasteiger partial charge in [0.05, 0.1) is 6.10 Å². The predicted octanol–water partition coefficient (Wildman–Crippen LogP) is -0.142. The van der Waals surface area contributed by atoms with Gasteiger partial charge >= 0.3 is 0 Å². The topological polar surface area (TPSA) is 46.2 Å². The fraction of sp³-hybridized carbons (Fsp3) is 1.00. The minimum atomic E-state index is -0.0245. The normalized spacial score (nSPS) is 60.8. The molecular formula is C6H11NO. The summed E-state index contributed by atoms with van der Waals surface area (Å²) in [5, 5.41) is 8.89. The molecule has 0 amide bonds. The van der Waals surface area contributed by atoms with Gasteiger partial charge in [0.25, 0.3) is 0 Å². The van der Waals surface area contributed by atoms with Crippen LogP contribution in [0.15, 0.2) is 0 Å². The second-order valence-corrected chi connectivity index (χ2v) is 3.24. The fourth-order valence-electron chi connectivity index (χ4n) is 1.73. The third kappa shape index (κ3) is 0.400. The van der Waals surface area contributed by atoms with Crippen LogP contribution in [-0.4, -0.2) is 17.3 Å². The highest BCUT2D eigenvalue weighted by molar-refractivity contribution is 5.13. The average Bonchev–Trinajstić information content (AvgIpc) is 2.13. The lowest BCUT2D eigenvalue weighted by Crippen LogP contribution is -2.34. The van der Waals surface area contributed by atoms with Gasteiger partial charge in [-0.2, -0.15) is 0 Å². The highest BCUT2D eigenvalue weighted by Gasteiger charge is 2.59. The van der Waals surface area contributed by atoms with Gasteiger partial charge in [0, 0.05) is 6.04 Å². The molecule has 0 aromatic rings. The lowest BCUT2D eigenvalue weighted by atomic mass is 9.78. The van der Waals surface area contributed by atoms with E-state index in [-0.39, 0.29) is 6.10 Å². The van der Waals surface area contributed by atoms with Gasteiger partial charge in [-0.05, 0) is 24.7 Å². The number of hydrogen-bond acceptors (Lipinski definition) is 2. The zero-order chi connectivity index (χ0) is 5.78. The van der Waals surface area contributed by atoms with Crippen LogP contribution in [0.4, 0.5) is 0 Å². The van der Waals surface area contributed by atoms with Gasteiger partial charge in [0.1, 0.15) is 0 Å². The van der Waals surface area contributed by atoms with E-state index >= 15 is 0 Å². The first-order chi connectivity index (χ1) is 3.73. The number of rotatable bonds is 0. The largest absolute Gasteiger partial charge is 0.393 e. The van der Waals surface area contributed by atoms with Crippen molar-refractivity contribution in [2.75, 3.05) is 0 Å². The summed E-state index contributed by atoms with van der Waals surface area (Å²) in [6, 6.07) is 0.422. The molecule has 1 unspecified atom stereocenters. The van der Waals surface area contributed by atoms with Crippen molar-refractivity contribution in [2.24, 2.45) is 11.1 Å². The molecule has 0 radical (unpaired) electrons. The van der Waals surface area contributed by atoms with Crippen molar-refractivity contribution in [1.29, 1.82) is 0 Å². The predicted molar refractivity (Wildman–Crippen MR) is 30.3 cm³/mol. The number of aliphatic hydroxyl groups excluding tert-OH is 1. The molecule has 2 heteroatoms. The van der Waals surface area contributed by atoms with Crippen molar-refractivity contribution in [1.82, 2.24) is 0 Å². The first-order valence-electron chi connectivity index (χ1n) is 3.17. The zero-order valence-corrected chi connectivity index (χ0v) is 4.80. The van der Waals surface area contributed by atoms with Crippen LogP contribution in [0.1, 0.15) is 19.3 Å². The van der Waals surface area contributed by atoms with Crippen LogP contribution in [-0.2, 0) is 0 Å². The first kappa shape index (κ1) is 4.77. The second-order valence-electron chi connectivity index (χ2n) is 3.24. The Labute approximate surface area is 48.7 Å².